The monoisotopic (exact) mass is 476 g/mol. The molecule has 7 heteroatoms. The first-order valence-electron chi connectivity index (χ1n) is 12.9. The summed E-state index contributed by atoms with van der Waals surface area (Å²) in [5.41, 5.74) is 4.35. The summed E-state index contributed by atoms with van der Waals surface area (Å²) in [5.74, 6) is 1.32. The molecule has 1 aliphatic carbocycles. The lowest BCUT2D eigenvalue weighted by molar-refractivity contribution is 0.0748. The zero-order valence-electron chi connectivity index (χ0n) is 20.8. The molecule has 0 radical (unpaired) electrons. The molecule has 186 valence electrons. The molecule has 1 aliphatic heterocycles. The quantitative estimate of drug-likeness (QED) is 0.484. The van der Waals surface area contributed by atoms with Crippen molar-refractivity contribution in [2.45, 2.75) is 58.5 Å². The minimum Gasteiger partial charge on any atom is -0.507 e. The zero-order chi connectivity index (χ0) is 24.4. The van der Waals surface area contributed by atoms with Crippen LogP contribution in [0.3, 0.4) is 0 Å². The molecule has 0 spiro atoms. The lowest BCUT2D eigenvalue weighted by atomic mass is 9.85. The molecule has 0 unspecified atom stereocenters. The predicted octanol–water partition coefficient (Wildman–Crippen LogP) is 4.88. The van der Waals surface area contributed by atoms with E-state index in [1.807, 2.05) is 24.3 Å². The summed E-state index contributed by atoms with van der Waals surface area (Å²) in [5, 5.41) is 19.2. The van der Waals surface area contributed by atoms with Gasteiger partial charge in [-0.2, -0.15) is 5.10 Å². The van der Waals surface area contributed by atoms with Crippen molar-refractivity contribution in [2.75, 3.05) is 26.7 Å². The molecule has 2 heterocycles. The summed E-state index contributed by atoms with van der Waals surface area (Å²) >= 11 is 0. The van der Waals surface area contributed by atoms with Crippen molar-refractivity contribution in [3.05, 3.63) is 52.7 Å². The number of H-pyrrole nitrogens is 1. The summed E-state index contributed by atoms with van der Waals surface area (Å²) in [6.45, 7) is 5.66. The van der Waals surface area contributed by atoms with Gasteiger partial charge in [0.05, 0.1) is 16.8 Å². The second-order valence-corrected chi connectivity index (χ2v) is 10.1. The van der Waals surface area contributed by atoms with E-state index >= 15 is 0 Å². The highest BCUT2D eigenvalue weighted by Crippen LogP contribution is 2.33. The van der Waals surface area contributed by atoms with E-state index in [9.17, 15) is 9.90 Å². The van der Waals surface area contributed by atoms with Gasteiger partial charge in [0.15, 0.2) is 0 Å². The average molecular weight is 477 g/mol. The van der Waals surface area contributed by atoms with E-state index in [1.165, 1.54) is 32.1 Å². The number of ether oxygens (including phenoxy) is 1. The van der Waals surface area contributed by atoms with Crippen molar-refractivity contribution in [3.8, 4) is 11.5 Å². The van der Waals surface area contributed by atoms with Gasteiger partial charge in [-0.25, -0.2) is 0 Å². The summed E-state index contributed by atoms with van der Waals surface area (Å²) in [6, 6.07) is 9.53. The van der Waals surface area contributed by atoms with Crippen molar-refractivity contribution in [3.63, 3.8) is 0 Å². The van der Waals surface area contributed by atoms with Gasteiger partial charge in [0, 0.05) is 31.1 Å². The number of benzene rings is 2. The number of rotatable bonds is 8. The van der Waals surface area contributed by atoms with Crippen molar-refractivity contribution in [2.24, 2.45) is 5.92 Å². The number of hydrogen-bond donors (Lipinski definition) is 2. The fraction of sp³-hybridized carbons (Fsp3) is 0.500. The highest BCUT2D eigenvalue weighted by atomic mass is 16.5. The minimum absolute atomic E-state index is 0.00427. The van der Waals surface area contributed by atoms with Gasteiger partial charge in [0.25, 0.3) is 5.91 Å². The predicted molar refractivity (Wildman–Crippen MR) is 137 cm³/mol. The van der Waals surface area contributed by atoms with Crippen LogP contribution in [-0.4, -0.2) is 57.8 Å². The van der Waals surface area contributed by atoms with E-state index < -0.39 is 0 Å². The summed E-state index contributed by atoms with van der Waals surface area (Å²) in [7, 11) is 2.07. The van der Waals surface area contributed by atoms with Crippen LogP contribution in [-0.2, 0) is 19.5 Å². The fourth-order valence-corrected chi connectivity index (χ4v) is 5.35. The summed E-state index contributed by atoms with van der Waals surface area (Å²) in [4.78, 5) is 17.5. The molecule has 7 nitrogen and oxygen atoms in total. The Balaban J connectivity index is 1.30. The molecule has 1 fully saturated rings. The molecule has 3 aromatic rings. The molecule has 2 aromatic carbocycles. The number of nitrogens with one attached hydrogen (secondary N) is 1. The molecular weight excluding hydrogens is 440 g/mol. The fourth-order valence-electron chi connectivity index (χ4n) is 5.35. The Morgan fingerprint density at radius 1 is 1.17 bits per heavy atom. The maximum absolute atomic E-state index is 13.5. The van der Waals surface area contributed by atoms with Gasteiger partial charge in [-0.05, 0) is 55.3 Å². The number of amides is 1. The van der Waals surface area contributed by atoms with Crippen molar-refractivity contribution >= 4 is 16.8 Å². The average Bonchev–Trinajstić information content (AvgIpc) is 3.47. The molecule has 1 saturated carbocycles. The van der Waals surface area contributed by atoms with E-state index in [0.29, 0.717) is 31.2 Å². The highest BCUT2D eigenvalue weighted by molar-refractivity contribution is 6.01. The first-order valence-corrected chi connectivity index (χ1v) is 12.9. The van der Waals surface area contributed by atoms with Crippen LogP contribution in [0.2, 0.25) is 0 Å². The molecule has 1 aromatic heterocycles. The van der Waals surface area contributed by atoms with Crippen LogP contribution in [0, 0.1) is 5.92 Å². The topological polar surface area (TPSA) is 81.7 Å². The third-order valence-electron chi connectivity index (χ3n) is 7.66. The second-order valence-electron chi connectivity index (χ2n) is 10.1. The standard InChI is InChI=1S/C28H36N4O3/c1-3-31(2)11-12-35-22-10-9-20-17-32(18-21(20)14-22)28(34)24-15-23-25(13-19-7-5-4-6-8-19)29-30-26(23)16-27(24)33/h9-10,14-16,19,33H,3-8,11-13,17-18H2,1-2H3,(H,29,30). The molecular formula is C28H36N4O3. The van der Waals surface area contributed by atoms with Gasteiger partial charge in [0.1, 0.15) is 18.1 Å². The molecule has 1 amide bonds. The molecule has 2 N–H and O–H groups in total. The molecule has 0 atom stereocenters. The number of phenolic OH excluding ortho intramolecular Hbond substituents is 1. The minimum atomic E-state index is -0.155. The number of carbonyl (C=O) groups is 1. The Morgan fingerprint density at radius 3 is 2.77 bits per heavy atom. The van der Waals surface area contributed by atoms with Crippen LogP contribution < -0.4 is 4.74 Å². The van der Waals surface area contributed by atoms with Crippen LogP contribution in [0.25, 0.3) is 10.9 Å². The molecule has 2 aliphatic rings. The van der Waals surface area contributed by atoms with Crippen LogP contribution in [0.15, 0.2) is 30.3 Å². The molecule has 5 rings (SSSR count). The Kier molecular flexibility index (Phi) is 6.95. The number of phenols is 1. The first-order chi connectivity index (χ1) is 17.0. The Labute approximate surface area is 207 Å². The van der Waals surface area contributed by atoms with Crippen LogP contribution in [0.5, 0.6) is 11.5 Å². The third-order valence-corrected chi connectivity index (χ3v) is 7.66. The van der Waals surface area contributed by atoms with Gasteiger partial charge in [-0.3, -0.25) is 9.89 Å². The third kappa shape index (κ3) is 5.15. The number of aromatic amines is 1. The van der Waals surface area contributed by atoms with Crippen molar-refractivity contribution in [1.29, 1.82) is 0 Å². The maximum atomic E-state index is 13.5. The number of aromatic nitrogens is 2. The maximum Gasteiger partial charge on any atom is 0.258 e. The normalized spacial score (nSPS) is 16.3. The second kappa shape index (κ2) is 10.3. The Hall–Kier alpha value is -3.06. The Bertz CT molecular complexity index is 1200. The van der Waals surface area contributed by atoms with Gasteiger partial charge in [-0.1, -0.05) is 45.1 Å². The number of hydrogen-bond acceptors (Lipinski definition) is 5. The van der Waals surface area contributed by atoms with E-state index in [0.717, 1.165) is 53.0 Å². The lowest BCUT2D eigenvalue weighted by Gasteiger charge is -2.20. The van der Waals surface area contributed by atoms with E-state index in [1.54, 1.807) is 11.0 Å². The van der Waals surface area contributed by atoms with Gasteiger partial charge < -0.3 is 19.6 Å². The van der Waals surface area contributed by atoms with E-state index in [2.05, 4.69) is 29.1 Å². The van der Waals surface area contributed by atoms with Gasteiger partial charge in [-0.15, -0.1) is 0 Å². The van der Waals surface area contributed by atoms with Crippen LogP contribution >= 0.6 is 0 Å². The lowest BCUT2D eigenvalue weighted by Crippen LogP contribution is -2.25. The SMILES string of the molecule is CCN(C)CCOc1ccc2c(c1)CN(C(=O)c1cc3c(CC4CCCCC4)n[nH]c3cc1O)C2. The van der Waals surface area contributed by atoms with E-state index in [4.69, 9.17) is 4.74 Å². The smallest absolute Gasteiger partial charge is 0.258 e. The summed E-state index contributed by atoms with van der Waals surface area (Å²) in [6.07, 6.45) is 7.30. The van der Waals surface area contributed by atoms with Gasteiger partial charge >= 0.3 is 0 Å². The summed E-state index contributed by atoms with van der Waals surface area (Å²) < 4.78 is 5.92. The molecule has 0 saturated heterocycles. The Morgan fingerprint density at radius 2 is 1.97 bits per heavy atom. The number of fused-ring (bicyclic) bond motifs is 2. The first kappa shape index (κ1) is 23.7. The number of carbonyl (C=O) groups excluding carboxylic acids is 1. The molecule has 0 bridgehead atoms. The molecule has 35 heavy (non-hydrogen) atoms. The van der Waals surface area contributed by atoms with Crippen LogP contribution in [0.4, 0.5) is 0 Å². The van der Waals surface area contributed by atoms with Gasteiger partial charge in [0.2, 0.25) is 0 Å². The number of nitrogens with zero attached hydrogens (tertiary/aromatic N) is 3. The highest BCUT2D eigenvalue weighted by Gasteiger charge is 2.27. The largest absolute Gasteiger partial charge is 0.507 e. The zero-order valence-corrected chi connectivity index (χ0v) is 20.8. The number of likely N-dealkylation sites (N-methyl/N-ethyl adjacent to an activating group) is 1. The van der Waals surface area contributed by atoms with Crippen molar-refractivity contribution in [1.82, 2.24) is 20.0 Å². The van der Waals surface area contributed by atoms with Crippen molar-refractivity contribution < 1.29 is 14.6 Å². The number of aromatic hydroxyl groups is 1. The van der Waals surface area contributed by atoms with Crippen LogP contribution in [0.1, 0.15) is 66.2 Å². The van der Waals surface area contributed by atoms with E-state index in [-0.39, 0.29) is 11.7 Å².